The fourth-order valence-corrected chi connectivity index (χ4v) is 4.64. The zero-order chi connectivity index (χ0) is 28.9. The molecule has 40 heavy (non-hydrogen) atoms. The number of nitrogens with one attached hydrogen (secondary N) is 1. The lowest BCUT2D eigenvalue weighted by molar-refractivity contribution is -0.142. The summed E-state index contributed by atoms with van der Waals surface area (Å²) in [6, 6.07) is 14.8. The quantitative estimate of drug-likeness (QED) is 0.357. The number of para-hydroxylation sites is 2. The molecule has 1 atom stereocenters. The molecule has 0 bridgehead atoms. The van der Waals surface area contributed by atoms with E-state index in [1.54, 1.807) is 44.3 Å². The van der Waals surface area contributed by atoms with E-state index in [4.69, 9.17) is 9.47 Å². The molecule has 0 saturated carbocycles. The molecule has 2 heterocycles. The molecule has 0 aliphatic carbocycles. The first-order valence-electron chi connectivity index (χ1n) is 13.6. The number of amides is 1. The van der Waals surface area contributed by atoms with Crippen molar-refractivity contribution < 1.29 is 24.2 Å². The number of ether oxygens (including phenoxy) is 2. The SMILES string of the molecule is CCOc1ccccc1OC1CCCN(c2cncc(NC(=O)C(C)(C)c3ccc(C(C)(C)C(=O)O)cc3)n2)C1. The Labute approximate surface area is 235 Å². The van der Waals surface area contributed by atoms with Gasteiger partial charge in [-0.25, -0.2) is 4.98 Å². The summed E-state index contributed by atoms with van der Waals surface area (Å²) >= 11 is 0. The zero-order valence-electron chi connectivity index (χ0n) is 23.8. The van der Waals surface area contributed by atoms with E-state index in [1.165, 1.54) is 6.20 Å². The minimum Gasteiger partial charge on any atom is -0.490 e. The van der Waals surface area contributed by atoms with Crippen LogP contribution in [0.4, 0.5) is 11.6 Å². The van der Waals surface area contributed by atoms with Crippen LogP contribution in [0.2, 0.25) is 0 Å². The Kier molecular flexibility index (Phi) is 8.61. The van der Waals surface area contributed by atoms with Gasteiger partial charge in [0.2, 0.25) is 5.91 Å². The minimum atomic E-state index is -1.02. The summed E-state index contributed by atoms with van der Waals surface area (Å²) < 4.78 is 12.0. The highest BCUT2D eigenvalue weighted by molar-refractivity contribution is 5.98. The van der Waals surface area contributed by atoms with E-state index in [0.29, 0.717) is 30.4 Å². The summed E-state index contributed by atoms with van der Waals surface area (Å²) in [5.41, 5.74) is -0.473. The summed E-state index contributed by atoms with van der Waals surface area (Å²) in [4.78, 5) is 36.1. The van der Waals surface area contributed by atoms with Crippen molar-refractivity contribution in [1.29, 1.82) is 0 Å². The van der Waals surface area contributed by atoms with Crippen molar-refractivity contribution in [2.75, 3.05) is 29.9 Å². The van der Waals surface area contributed by atoms with Crippen LogP contribution < -0.4 is 19.7 Å². The third-order valence-corrected chi connectivity index (χ3v) is 7.44. The summed E-state index contributed by atoms with van der Waals surface area (Å²) in [6.45, 7) is 10.9. The molecule has 1 aliphatic rings. The van der Waals surface area contributed by atoms with Gasteiger partial charge in [0, 0.05) is 6.54 Å². The molecule has 212 valence electrons. The van der Waals surface area contributed by atoms with Crippen LogP contribution in [0.1, 0.15) is 58.6 Å². The second-order valence-electron chi connectivity index (χ2n) is 11.1. The second-order valence-corrected chi connectivity index (χ2v) is 11.1. The molecule has 2 aromatic carbocycles. The maximum absolute atomic E-state index is 13.3. The third-order valence-electron chi connectivity index (χ3n) is 7.44. The summed E-state index contributed by atoms with van der Waals surface area (Å²) in [6.07, 6.45) is 5.04. The van der Waals surface area contributed by atoms with Crippen LogP contribution in [0.25, 0.3) is 0 Å². The topological polar surface area (TPSA) is 114 Å². The fourth-order valence-electron chi connectivity index (χ4n) is 4.64. The van der Waals surface area contributed by atoms with Gasteiger partial charge in [-0.15, -0.1) is 0 Å². The van der Waals surface area contributed by atoms with E-state index >= 15 is 0 Å². The lowest BCUT2D eigenvalue weighted by Gasteiger charge is -2.34. The molecule has 3 aromatic rings. The van der Waals surface area contributed by atoms with Gasteiger partial charge in [0.15, 0.2) is 17.3 Å². The Morgan fingerprint density at radius 1 is 1.00 bits per heavy atom. The molecule has 1 unspecified atom stereocenters. The highest BCUT2D eigenvalue weighted by Crippen LogP contribution is 2.31. The van der Waals surface area contributed by atoms with Crippen molar-refractivity contribution >= 4 is 23.5 Å². The Morgan fingerprint density at radius 2 is 1.65 bits per heavy atom. The van der Waals surface area contributed by atoms with Crippen molar-refractivity contribution in [3.05, 3.63) is 72.1 Å². The molecule has 9 heteroatoms. The smallest absolute Gasteiger partial charge is 0.313 e. The molecule has 1 aromatic heterocycles. The molecule has 4 rings (SSSR count). The predicted octanol–water partition coefficient (Wildman–Crippen LogP) is 5.20. The highest BCUT2D eigenvalue weighted by Gasteiger charge is 2.33. The van der Waals surface area contributed by atoms with Crippen molar-refractivity contribution in [2.24, 2.45) is 0 Å². The number of aromatic nitrogens is 2. The number of piperidine rings is 1. The highest BCUT2D eigenvalue weighted by atomic mass is 16.5. The number of rotatable bonds is 10. The maximum Gasteiger partial charge on any atom is 0.313 e. The van der Waals surface area contributed by atoms with Gasteiger partial charge in [-0.1, -0.05) is 36.4 Å². The van der Waals surface area contributed by atoms with E-state index in [1.807, 2.05) is 45.0 Å². The number of carbonyl (C=O) groups is 2. The molecule has 1 aliphatic heterocycles. The number of nitrogens with zero attached hydrogens (tertiary/aromatic N) is 3. The summed E-state index contributed by atoms with van der Waals surface area (Å²) in [5.74, 6) is 1.35. The van der Waals surface area contributed by atoms with Crippen molar-refractivity contribution in [1.82, 2.24) is 9.97 Å². The number of carboxylic acids is 1. The van der Waals surface area contributed by atoms with Crippen LogP contribution in [-0.2, 0) is 20.4 Å². The number of carbonyl (C=O) groups excluding carboxylic acids is 1. The molecule has 1 saturated heterocycles. The molecule has 0 spiro atoms. The van der Waals surface area contributed by atoms with Gasteiger partial charge in [0.05, 0.1) is 36.4 Å². The number of anilines is 2. The van der Waals surface area contributed by atoms with Gasteiger partial charge in [-0.3, -0.25) is 14.6 Å². The van der Waals surface area contributed by atoms with Gasteiger partial charge in [-0.2, -0.15) is 0 Å². The number of aliphatic carboxylic acids is 1. The van der Waals surface area contributed by atoms with E-state index < -0.39 is 16.8 Å². The predicted molar refractivity (Wildman–Crippen MR) is 154 cm³/mol. The van der Waals surface area contributed by atoms with Crippen LogP contribution in [-0.4, -0.2) is 52.8 Å². The second kappa shape index (κ2) is 11.9. The molecule has 0 radical (unpaired) electrons. The molecule has 1 amide bonds. The largest absolute Gasteiger partial charge is 0.490 e. The van der Waals surface area contributed by atoms with E-state index in [9.17, 15) is 14.7 Å². The first kappa shape index (κ1) is 28.9. The lowest BCUT2D eigenvalue weighted by Crippen LogP contribution is -2.42. The van der Waals surface area contributed by atoms with Gasteiger partial charge < -0.3 is 24.8 Å². The van der Waals surface area contributed by atoms with Gasteiger partial charge in [0.1, 0.15) is 11.9 Å². The number of hydrogen-bond donors (Lipinski definition) is 2. The first-order valence-corrected chi connectivity index (χ1v) is 13.6. The van der Waals surface area contributed by atoms with Crippen molar-refractivity contribution in [2.45, 2.75) is 64.4 Å². The van der Waals surface area contributed by atoms with Crippen LogP contribution in [0.5, 0.6) is 11.5 Å². The molecular formula is C31H38N4O5. The normalized spacial score (nSPS) is 15.8. The molecular weight excluding hydrogens is 508 g/mol. The van der Waals surface area contributed by atoms with Crippen LogP contribution in [0, 0.1) is 0 Å². The first-order chi connectivity index (χ1) is 19.0. The Hall–Kier alpha value is -4.14. The van der Waals surface area contributed by atoms with Gasteiger partial charge in [0.25, 0.3) is 0 Å². The minimum absolute atomic E-state index is 0.0385. The van der Waals surface area contributed by atoms with E-state index in [0.717, 1.165) is 36.4 Å². The number of benzene rings is 2. The Morgan fingerprint density at radius 3 is 2.30 bits per heavy atom. The maximum atomic E-state index is 13.3. The molecule has 2 N–H and O–H groups in total. The Bertz CT molecular complexity index is 1340. The average Bonchev–Trinajstić information content (AvgIpc) is 2.94. The van der Waals surface area contributed by atoms with E-state index in [2.05, 4.69) is 20.2 Å². The third kappa shape index (κ3) is 6.35. The van der Waals surface area contributed by atoms with Crippen molar-refractivity contribution in [3.8, 4) is 11.5 Å². The standard InChI is InChI=1S/C31H38N4O5/c1-6-39-24-11-7-8-12-25(24)40-23-10-9-17-35(20-23)27-19-32-18-26(33-27)34-28(36)30(2,3)21-13-15-22(16-14-21)31(4,5)29(37)38/h7-8,11-16,18-19,23H,6,9-10,17,20H2,1-5H3,(H,37,38)(H,33,34,36). The zero-order valence-corrected chi connectivity index (χ0v) is 23.8. The average molecular weight is 547 g/mol. The van der Waals surface area contributed by atoms with E-state index in [-0.39, 0.29) is 12.0 Å². The van der Waals surface area contributed by atoms with Gasteiger partial charge >= 0.3 is 5.97 Å². The monoisotopic (exact) mass is 546 g/mol. The number of hydrogen-bond acceptors (Lipinski definition) is 7. The van der Waals surface area contributed by atoms with Crippen LogP contribution in [0.3, 0.4) is 0 Å². The Balaban J connectivity index is 1.43. The van der Waals surface area contributed by atoms with Crippen LogP contribution >= 0.6 is 0 Å². The van der Waals surface area contributed by atoms with Gasteiger partial charge in [-0.05, 0) is 70.7 Å². The number of carboxylic acid groups (broad SMARTS) is 1. The van der Waals surface area contributed by atoms with Crippen LogP contribution in [0.15, 0.2) is 60.9 Å². The summed E-state index contributed by atoms with van der Waals surface area (Å²) in [5, 5.41) is 12.4. The molecule has 1 fully saturated rings. The molecule has 9 nitrogen and oxygen atoms in total. The summed E-state index contributed by atoms with van der Waals surface area (Å²) in [7, 11) is 0. The fraction of sp³-hybridized carbons (Fsp3) is 0.419. The lowest BCUT2D eigenvalue weighted by atomic mass is 9.80. The van der Waals surface area contributed by atoms with Crippen molar-refractivity contribution in [3.63, 3.8) is 0 Å².